The van der Waals surface area contributed by atoms with E-state index in [4.69, 9.17) is 20.8 Å². The molecule has 7 heteroatoms. The van der Waals surface area contributed by atoms with Gasteiger partial charge in [-0.15, -0.1) is 10.2 Å². The highest BCUT2D eigenvalue weighted by molar-refractivity contribution is 6.30. The number of nitrogens with zero attached hydrogens (tertiary/aromatic N) is 3. The molecule has 0 spiro atoms. The summed E-state index contributed by atoms with van der Waals surface area (Å²) in [5.74, 6) is 1.68. The van der Waals surface area contributed by atoms with Crippen LogP contribution in [0.15, 0.2) is 46.9 Å². The van der Waals surface area contributed by atoms with Gasteiger partial charge in [0, 0.05) is 16.6 Å². The van der Waals surface area contributed by atoms with Crippen LogP contribution in [0, 0.1) is 6.92 Å². The molecule has 150 valence electrons. The molecule has 1 aromatic heterocycles. The standard InChI is InChI=1S/C22H22ClN3O3/c1-14-3-4-15(11-19(14)28-2)12-21(27)26(18-9-10-18)13-20-24-25-22(29-20)16-5-7-17(23)8-6-16/h3-8,11,18H,9-10,12-13H2,1-2H3. The molecule has 1 fully saturated rings. The van der Waals surface area contributed by atoms with Gasteiger partial charge in [0.15, 0.2) is 0 Å². The molecule has 29 heavy (non-hydrogen) atoms. The second-order valence-corrected chi connectivity index (χ2v) is 7.68. The first-order valence-electron chi connectivity index (χ1n) is 9.55. The van der Waals surface area contributed by atoms with Crippen molar-refractivity contribution >= 4 is 17.5 Å². The minimum Gasteiger partial charge on any atom is -0.496 e. The predicted octanol–water partition coefficient (Wildman–Crippen LogP) is 4.44. The number of carbonyl (C=O) groups is 1. The van der Waals surface area contributed by atoms with Gasteiger partial charge in [-0.05, 0) is 61.2 Å². The van der Waals surface area contributed by atoms with Gasteiger partial charge in [0.25, 0.3) is 0 Å². The topological polar surface area (TPSA) is 68.5 Å². The van der Waals surface area contributed by atoms with Crippen molar-refractivity contribution < 1.29 is 13.9 Å². The number of aryl methyl sites for hydroxylation is 1. The minimum absolute atomic E-state index is 0.0460. The molecule has 1 saturated carbocycles. The zero-order valence-electron chi connectivity index (χ0n) is 16.4. The maximum Gasteiger partial charge on any atom is 0.247 e. The normalized spacial score (nSPS) is 13.3. The van der Waals surface area contributed by atoms with Crippen LogP contribution in [0.4, 0.5) is 0 Å². The number of amides is 1. The van der Waals surface area contributed by atoms with Gasteiger partial charge in [0.2, 0.25) is 17.7 Å². The molecule has 1 aliphatic rings. The maximum absolute atomic E-state index is 13.0. The number of rotatable bonds is 7. The van der Waals surface area contributed by atoms with Crippen LogP contribution in [0.2, 0.25) is 5.02 Å². The van der Waals surface area contributed by atoms with E-state index in [-0.39, 0.29) is 11.9 Å². The number of halogens is 1. The third-order valence-electron chi connectivity index (χ3n) is 5.00. The molecule has 0 N–H and O–H groups in total. The van der Waals surface area contributed by atoms with E-state index < -0.39 is 0 Å². The van der Waals surface area contributed by atoms with E-state index in [0.717, 1.165) is 35.3 Å². The molecule has 0 unspecified atom stereocenters. The fourth-order valence-corrected chi connectivity index (χ4v) is 3.36. The smallest absolute Gasteiger partial charge is 0.247 e. The molecule has 0 saturated heterocycles. The molecule has 0 radical (unpaired) electrons. The molecule has 0 aliphatic heterocycles. The van der Waals surface area contributed by atoms with Gasteiger partial charge in [-0.3, -0.25) is 4.79 Å². The first kappa shape index (κ1) is 19.5. The van der Waals surface area contributed by atoms with Gasteiger partial charge in [-0.25, -0.2) is 0 Å². The minimum atomic E-state index is 0.0460. The zero-order valence-corrected chi connectivity index (χ0v) is 17.1. The van der Waals surface area contributed by atoms with Crippen molar-refractivity contribution in [2.75, 3.05) is 7.11 Å². The van der Waals surface area contributed by atoms with Crippen molar-refractivity contribution in [2.45, 2.75) is 38.8 Å². The largest absolute Gasteiger partial charge is 0.496 e. The van der Waals surface area contributed by atoms with Gasteiger partial charge in [-0.1, -0.05) is 23.7 Å². The Morgan fingerprint density at radius 3 is 2.66 bits per heavy atom. The Kier molecular flexibility index (Phi) is 5.53. The van der Waals surface area contributed by atoms with Crippen molar-refractivity contribution in [1.82, 2.24) is 15.1 Å². The fraction of sp³-hybridized carbons (Fsp3) is 0.318. The van der Waals surface area contributed by atoms with E-state index in [9.17, 15) is 4.79 Å². The third kappa shape index (κ3) is 4.59. The van der Waals surface area contributed by atoms with Gasteiger partial charge in [0.05, 0.1) is 20.1 Å². The lowest BCUT2D eigenvalue weighted by molar-refractivity contribution is -0.132. The molecule has 1 amide bonds. The summed E-state index contributed by atoms with van der Waals surface area (Å²) in [4.78, 5) is 14.8. The van der Waals surface area contributed by atoms with E-state index in [2.05, 4.69) is 10.2 Å². The molecule has 0 atom stereocenters. The Balaban J connectivity index is 1.47. The summed E-state index contributed by atoms with van der Waals surface area (Å²) in [5.41, 5.74) is 2.77. The quantitative estimate of drug-likeness (QED) is 0.574. The first-order chi connectivity index (χ1) is 14.0. The van der Waals surface area contributed by atoms with Crippen molar-refractivity contribution in [1.29, 1.82) is 0 Å². The van der Waals surface area contributed by atoms with Crippen LogP contribution in [0.3, 0.4) is 0 Å². The lowest BCUT2D eigenvalue weighted by Crippen LogP contribution is -2.34. The van der Waals surface area contributed by atoms with E-state index in [1.54, 1.807) is 19.2 Å². The van der Waals surface area contributed by atoms with Crippen LogP contribution in [0.5, 0.6) is 5.75 Å². The average molecular weight is 412 g/mol. The van der Waals surface area contributed by atoms with Crippen molar-refractivity contribution in [2.24, 2.45) is 0 Å². The molecule has 3 aromatic rings. The van der Waals surface area contributed by atoms with Crippen LogP contribution in [-0.2, 0) is 17.8 Å². The summed E-state index contributed by atoms with van der Waals surface area (Å²) in [6.07, 6.45) is 2.31. The summed E-state index contributed by atoms with van der Waals surface area (Å²) in [5, 5.41) is 8.89. The Morgan fingerprint density at radius 1 is 1.21 bits per heavy atom. The van der Waals surface area contributed by atoms with E-state index >= 15 is 0 Å². The summed E-state index contributed by atoms with van der Waals surface area (Å²) >= 11 is 5.93. The number of methoxy groups -OCH3 is 1. The molecule has 2 aromatic carbocycles. The molecule has 4 rings (SSSR count). The van der Waals surface area contributed by atoms with Crippen LogP contribution in [0.1, 0.15) is 29.9 Å². The molecular formula is C22H22ClN3O3. The summed E-state index contributed by atoms with van der Waals surface area (Å²) in [6.45, 7) is 2.29. The second-order valence-electron chi connectivity index (χ2n) is 7.24. The van der Waals surface area contributed by atoms with Crippen LogP contribution in [0.25, 0.3) is 11.5 Å². The van der Waals surface area contributed by atoms with E-state index in [1.165, 1.54) is 0 Å². The second kappa shape index (κ2) is 8.25. The summed E-state index contributed by atoms with van der Waals surface area (Å²) in [7, 11) is 1.64. The highest BCUT2D eigenvalue weighted by Crippen LogP contribution is 2.30. The van der Waals surface area contributed by atoms with Gasteiger partial charge < -0.3 is 14.1 Å². The Morgan fingerprint density at radius 2 is 1.97 bits per heavy atom. The third-order valence-corrected chi connectivity index (χ3v) is 5.25. The number of benzene rings is 2. The van der Waals surface area contributed by atoms with E-state index in [1.807, 2.05) is 42.2 Å². The maximum atomic E-state index is 13.0. The molecule has 1 heterocycles. The number of aromatic nitrogens is 2. The fourth-order valence-electron chi connectivity index (χ4n) is 3.23. The molecule has 6 nitrogen and oxygen atoms in total. The average Bonchev–Trinajstić information content (AvgIpc) is 3.45. The molecule has 0 bridgehead atoms. The monoisotopic (exact) mass is 411 g/mol. The Hall–Kier alpha value is -2.86. The van der Waals surface area contributed by atoms with Crippen LogP contribution >= 0.6 is 11.6 Å². The van der Waals surface area contributed by atoms with Gasteiger partial charge in [-0.2, -0.15) is 0 Å². The summed E-state index contributed by atoms with van der Waals surface area (Å²) in [6, 6.07) is 13.3. The first-order valence-corrected chi connectivity index (χ1v) is 9.92. The number of hydrogen-bond acceptors (Lipinski definition) is 5. The number of ether oxygens (including phenoxy) is 1. The lowest BCUT2D eigenvalue weighted by atomic mass is 10.1. The van der Waals surface area contributed by atoms with Gasteiger partial charge >= 0.3 is 0 Å². The SMILES string of the molecule is COc1cc(CC(=O)N(Cc2nnc(-c3ccc(Cl)cc3)o2)C2CC2)ccc1C. The van der Waals surface area contributed by atoms with Crippen LogP contribution in [-0.4, -0.2) is 34.2 Å². The van der Waals surface area contributed by atoms with Gasteiger partial charge in [0.1, 0.15) is 5.75 Å². The highest BCUT2D eigenvalue weighted by Gasteiger charge is 2.33. The highest BCUT2D eigenvalue weighted by atomic mass is 35.5. The predicted molar refractivity (Wildman–Crippen MR) is 110 cm³/mol. The van der Waals surface area contributed by atoms with Crippen molar-refractivity contribution in [3.63, 3.8) is 0 Å². The van der Waals surface area contributed by atoms with Crippen molar-refractivity contribution in [3.8, 4) is 17.2 Å². The van der Waals surface area contributed by atoms with E-state index in [0.29, 0.717) is 29.8 Å². The Bertz CT molecular complexity index is 1010. The lowest BCUT2D eigenvalue weighted by Gasteiger charge is -2.21. The molecular weight excluding hydrogens is 390 g/mol. The van der Waals surface area contributed by atoms with Crippen LogP contribution < -0.4 is 4.74 Å². The number of hydrogen-bond donors (Lipinski definition) is 0. The molecule has 1 aliphatic carbocycles. The zero-order chi connectivity index (χ0) is 20.4. The summed E-state index contributed by atoms with van der Waals surface area (Å²) < 4.78 is 11.2. The van der Waals surface area contributed by atoms with Crippen molar-refractivity contribution in [3.05, 3.63) is 64.5 Å². The number of carbonyl (C=O) groups excluding carboxylic acids is 1. The Labute approximate surface area is 174 Å².